The fraction of sp³-hybridized carbons (Fsp3) is 0.565. The van der Waals surface area contributed by atoms with Crippen LogP contribution in [0, 0.1) is 6.92 Å². The molecule has 3 aromatic rings. The van der Waals surface area contributed by atoms with E-state index in [2.05, 4.69) is 32.3 Å². The first-order valence-corrected chi connectivity index (χ1v) is 11.4. The second-order valence-electron chi connectivity index (χ2n) is 8.55. The number of hydrogen-bond donors (Lipinski definition) is 2. The van der Waals surface area contributed by atoms with Crippen molar-refractivity contribution >= 4 is 10.9 Å². The number of tetrazole rings is 1. The zero-order valence-electron chi connectivity index (χ0n) is 18.4. The maximum absolute atomic E-state index is 12.9. The number of nitrogens with one attached hydrogen (secondary N) is 1. The van der Waals surface area contributed by atoms with E-state index in [-0.39, 0.29) is 18.2 Å². The summed E-state index contributed by atoms with van der Waals surface area (Å²) in [6.07, 6.45) is 6.08. The smallest absolute Gasteiger partial charge is 0.252 e. The number of aliphatic hydroxyl groups is 1. The standard InChI is InChI=1S/C23H32N6O2/c1-3-20(22-25-26-27-29(22)19-10-4-5-11-19)28(12-7-13-30)15-18-14-17-9-6-8-16(2)21(17)24-23(18)31/h6,8-9,14,19-20,30H,3-5,7,10-13,15H2,1-2H3,(H,24,31). The number of fused-ring (bicyclic) bond motifs is 1. The lowest BCUT2D eigenvalue weighted by molar-refractivity contribution is 0.150. The number of hydrogen-bond acceptors (Lipinski definition) is 6. The maximum atomic E-state index is 12.9. The molecule has 2 heterocycles. The number of benzene rings is 1. The van der Waals surface area contributed by atoms with Crippen LogP contribution in [0.3, 0.4) is 0 Å². The molecule has 0 amide bonds. The molecule has 2 aromatic heterocycles. The van der Waals surface area contributed by atoms with Gasteiger partial charge in [0, 0.05) is 25.3 Å². The van der Waals surface area contributed by atoms with Crippen molar-refractivity contribution in [3.05, 3.63) is 51.6 Å². The molecule has 1 unspecified atom stereocenters. The summed E-state index contributed by atoms with van der Waals surface area (Å²) >= 11 is 0. The van der Waals surface area contributed by atoms with Crippen molar-refractivity contribution in [2.24, 2.45) is 0 Å². The van der Waals surface area contributed by atoms with Gasteiger partial charge >= 0.3 is 0 Å². The molecule has 2 N–H and O–H groups in total. The molecule has 8 nitrogen and oxygen atoms in total. The largest absolute Gasteiger partial charge is 0.396 e. The van der Waals surface area contributed by atoms with Crippen LogP contribution in [0.25, 0.3) is 10.9 Å². The number of nitrogens with zero attached hydrogens (tertiary/aromatic N) is 5. The van der Waals surface area contributed by atoms with Crippen LogP contribution in [-0.4, -0.2) is 48.3 Å². The third-order valence-corrected chi connectivity index (χ3v) is 6.46. The van der Waals surface area contributed by atoms with E-state index in [0.717, 1.165) is 47.1 Å². The SMILES string of the molecule is CCC(c1nnnn1C1CCCC1)N(CCCO)Cc1cc2cccc(C)c2[nH]c1=O. The van der Waals surface area contributed by atoms with Gasteiger partial charge < -0.3 is 10.1 Å². The highest BCUT2D eigenvalue weighted by atomic mass is 16.3. The van der Waals surface area contributed by atoms with E-state index in [1.165, 1.54) is 12.8 Å². The van der Waals surface area contributed by atoms with Crippen LogP contribution in [0.4, 0.5) is 0 Å². The predicted octanol–water partition coefficient (Wildman–Crippen LogP) is 3.27. The summed E-state index contributed by atoms with van der Waals surface area (Å²) in [7, 11) is 0. The van der Waals surface area contributed by atoms with E-state index in [9.17, 15) is 9.90 Å². The highest BCUT2D eigenvalue weighted by Gasteiger charge is 2.29. The summed E-state index contributed by atoms with van der Waals surface area (Å²) in [4.78, 5) is 18.2. The van der Waals surface area contributed by atoms with Crippen molar-refractivity contribution in [3.63, 3.8) is 0 Å². The summed E-state index contributed by atoms with van der Waals surface area (Å²) in [6.45, 7) is 5.38. The normalized spacial score (nSPS) is 15.9. The van der Waals surface area contributed by atoms with E-state index in [1.807, 2.05) is 35.9 Å². The van der Waals surface area contributed by atoms with Crippen LogP contribution in [0.2, 0.25) is 0 Å². The summed E-state index contributed by atoms with van der Waals surface area (Å²) < 4.78 is 2.00. The Labute approximate surface area is 182 Å². The molecular weight excluding hydrogens is 392 g/mol. The van der Waals surface area contributed by atoms with Gasteiger partial charge in [0.25, 0.3) is 5.56 Å². The Bertz CT molecular complexity index is 1070. The molecular formula is C23H32N6O2. The molecule has 1 saturated carbocycles. The summed E-state index contributed by atoms with van der Waals surface area (Å²) in [5.74, 6) is 0.861. The highest BCUT2D eigenvalue weighted by Crippen LogP contribution is 2.33. The van der Waals surface area contributed by atoms with Gasteiger partial charge in [-0.05, 0) is 60.0 Å². The van der Waals surface area contributed by atoms with Gasteiger partial charge in [-0.15, -0.1) is 5.10 Å². The van der Waals surface area contributed by atoms with E-state index in [1.54, 1.807) is 0 Å². The Morgan fingerprint density at radius 3 is 2.87 bits per heavy atom. The Kier molecular flexibility index (Phi) is 6.77. The molecule has 31 heavy (non-hydrogen) atoms. The second-order valence-corrected chi connectivity index (χ2v) is 8.55. The van der Waals surface area contributed by atoms with Gasteiger partial charge in [-0.2, -0.15) is 0 Å². The van der Waals surface area contributed by atoms with Crippen LogP contribution in [0.15, 0.2) is 29.1 Å². The van der Waals surface area contributed by atoms with Crippen molar-refractivity contribution in [3.8, 4) is 0 Å². The van der Waals surface area contributed by atoms with Gasteiger partial charge in [0.05, 0.1) is 17.6 Å². The van der Waals surface area contributed by atoms with Crippen LogP contribution in [0.1, 0.15) is 74.5 Å². The topological polar surface area (TPSA) is 99.9 Å². The quantitative estimate of drug-likeness (QED) is 0.547. The first kappa shape index (κ1) is 21.6. The predicted molar refractivity (Wildman–Crippen MR) is 120 cm³/mol. The van der Waals surface area contributed by atoms with E-state index >= 15 is 0 Å². The van der Waals surface area contributed by atoms with Crippen molar-refractivity contribution in [2.45, 2.75) is 71.0 Å². The van der Waals surface area contributed by atoms with Crippen LogP contribution in [-0.2, 0) is 6.54 Å². The Balaban J connectivity index is 1.67. The monoisotopic (exact) mass is 424 g/mol. The third kappa shape index (κ3) is 4.55. The average Bonchev–Trinajstić information content (AvgIpc) is 3.45. The molecule has 0 saturated heterocycles. The van der Waals surface area contributed by atoms with Crippen molar-refractivity contribution in [1.29, 1.82) is 0 Å². The summed E-state index contributed by atoms with van der Waals surface area (Å²) in [5, 5.41) is 23.2. The van der Waals surface area contributed by atoms with Crippen LogP contribution >= 0.6 is 0 Å². The lowest BCUT2D eigenvalue weighted by Gasteiger charge is -2.30. The molecule has 0 spiro atoms. The Morgan fingerprint density at radius 2 is 2.13 bits per heavy atom. The van der Waals surface area contributed by atoms with Gasteiger partial charge in [-0.25, -0.2) is 4.68 Å². The van der Waals surface area contributed by atoms with Crippen LogP contribution < -0.4 is 5.56 Å². The van der Waals surface area contributed by atoms with Crippen molar-refractivity contribution in [1.82, 2.24) is 30.1 Å². The molecule has 1 aliphatic rings. The fourth-order valence-electron chi connectivity index (χ4n) is 4.82. The van der Waals surface area contributed by atoms with E-state index in [4.69, 9.17) is 0 Å². The Morgan fingerprint density at radius 1 is 1.32 bits per heavy atom. The average molecular weight is 425 g/mol. The first-order chi connectivity index (χ1) is 15.1. The molecule has 0 radical (unpaired) electrons. The molecule has 1 aliphatic carbocycles. The van der Waals surface area contributed by atoms with Crippen LogP contribution in [0.5, 0.6) is 0 Å². The lowest BCUT2D eigenvalue weighted by atomic mass is 10.1. The number of aromatic nitrogens is 5. The highest BCUT2D eigenvalue weighted by molar-refractivity contribution is 5.81. The summed E-state index contributed by atoms with van der Waals surface area (Å²) in [5.41, 5.74) is 2.59. The zero-order valence-corrected chi connectivity index (χ0v) is 18.4. The zero-order chi connectivity index (χ0) is 21.8. The molecule has 0 bridgehead atoms. The molecule has 0 aliphatic heterocycles. The number of aliphatic hydroxyl groups excluding tert-OH is 1. The summed E-state index contributed by atoms with van der Waals surface area (Å²) in [6, 6.07) is 8.35. The van der Waals surface area contributed by atoms with Gasteiger partial charge in [0.1, 0.15) is 0 Å². The molecule has 166 valence electrons. The molecule has 1 atom stereocenters. The van der Waals surface area contributed by atoms with Crippen molar-refractivity contribution < 1.29 is 5.11 Å². The number of para-hydroxylation sites is 1. The third-order valence-electron chi connectivity index (χ3n) is 6.46. The second kappa shape index (κ2) is 9.70. The number of pyridine rings is 1. The van der Waals surface area contributed by atoms with Gasteiger partial charge in [-0.3, -0.25) is 9.69 Å². The van der Waals surface area contributed by atoms with Gasteiger partial charge in [0.15, 0.2) is 5.82 Å². The molecule has 1 fully saturated rings. The maximum Gasteiger partial charge on any atom is 0.252 e. The number of rotatable bonds is 9. The van der Waals surface area contributed by atoms with E-state index < -0.39 is 0 Å². The number of H-pyrrole nitrogens is 1. The lowest BCUT2D eigenvalue weighted by Crippen LogP contribution is -2.34. The first-order valence-electron chi connectivity index (χ1n) is 11.4. The minimum atomic E-state index is -0.0685. The Hall–Kier alpha value is -2.58. The minimum Gasteiger partial charge on any atom is -0.396 e. The molecule has 1 aromatic carbocycles. The van der Waals surface area contributed by atoms with Crippen molar-refractivity contribution in [2.75, 3.05) is 13.2 Å². The van der Waals surface area contributed by atoms with Gasteiger partial charge in [-0.1, -0.05) is 38.0 Å². The number of aryl methyl sites for hydroxylation is 1. The minimum absolute atomic E-state index is 0.0187. The molecule has 4 rings (SSSR count). The fourth-order valence-corrected chi connectivity index (χ4v) is 4.82. The van der Waals surface area contributed by atoms with E-state index in [0.29, 0.717) is 25.6 Å². The molecule has 8 heteroatoms. The number of aromatic amines is 1. The van der Waals surface area contributed by atoms with Gasteiger partial charge in [0.2, 0.25) is 0 Å².